The van der Waals surface area contributed by atoms with E-state index in [9.17, 15) is 19.7 Å². The number of halogens is 1. The first kappa shape index (κ1) is 21.6. The van der Waals surface area contributed by atoms with Crippen LogP contribution < -0.4 is 10.2 Å². The standard InChI is InChI=1S/C26H18ClN3O4/c1-2-15-7-3-4-12-21(15)29-25(31)19-11-6-10-18-23(19)20(26(29)32)14-22(30(33)34)24(18)28-17-9-5-8-16(27)13-17/h3-14,28H,2H2,1H3. The number of nitro benzene ring substituents is 1. The third-order valence-electron chi connectivity index (χ3n) is 5.91. The van der Waals surface area contributed by atoms with Gasteiger partial charge in [0.2, 0.25) is 0 Å². The van der Waals surface area contributed by atoms with Crippen LogP contribution in [-0.2, 0) is 6.42 Å². The Morgan fingerprint density at radius 2 is 1.68 bits per heavy atom. The summed E-state index contributed by atoms with van der Waals surface area (Å²) in [5.74, 6) is -1.06. The zero-order valence-corrected chi connectivity index (χ0v) is 18.8. The van der Waals surface area contributed by atoms with Gasteiger partial charge in [-0.2, -0.15) is 0 Å². The van der Waals surface area contributed by atoms with Crippen LogP contribution in [0.2, 0.25) is 5.02 Å². The van der Waals surface area contributed by atoms with Crippen molar-refractivity contribution in [2.45, 2.75) is 13.3 Å². The number of aryl methyl sites for hydroxylation is 1. The molecule has 0 unspecified atom stereocenters. The fourth-order valence-electron chi connectivity index (χ4n) is 4.38. The van der Waals surface area contributed by atoms with Crippen LogP contribution in [0.5, 0.6) is 0 Å². The van der Waals surface area contributed by atoms with Gasteiger partial charge in [0.25, 0.3) is 17.5 Å². The average Bonchev–Trinajstić information content (AvgIpc) is 2.83. The molecule has 0 spiro atoms. The maximum Gasteiger partial charge on any atom is 0.294 e. The maximum absolute atomic E-state index is 13.6. The number of nitrogens with zero attached hydrogens (tertiary/aromatic N) is 2. The Morgan fingerprint density at radius 3 is 2.41 bits per heavy atom. The van der Waals surface area contributed by atoms with Crippen molar-refractivity contribution in [1.82, 2.24) is 0 Å². The maximum atomic E-state index is 13.6. The fraction of sp³-hybridized carbons (Fsp3) is 0.0769. The summed E-state index contributed by atoms with van der Waals surface area (Å²) in [4.78, 5) is 39.8. The van der Waals surface area contributed by atoms with Crippen molar-refractivity contribution in [2.24, 2.45) is 0 Å². The molecule has 168 valence electrons. The molecule has 0 fully saturated rings. The number of carbonyl (C=O) groups is 2. The molecule has 1 aliphatic rings. The van der Waals surface area contributed by atoms with Crippen molar-refractivity contribution in [2.75, 3.05) is 10.2 Å². The van der Waals surface area contributed by atoms with E-state index in [-0.39, 0.29) is 16.9 Å². The van der Waals surface area contributed by atoms with E-state index in [1.807, 2.05) is 19.1 Å². The minimum atomic E-state index is -0.591. The molecule has 0 atom stereocenters. The third kappa shape index (κ3) is 3.38. The summed E-state index contributed by atoms with van der Waals surface area (Å²) in [6.07, 6.45) is 0.618. The summed E-state index contributed by atoms with van der Waals surface area (Å²) in [6, 6.07) is 20.1. The Balaban J connectivity index is 1.76. The van der Waals surface area contributed by atoms with Gasteiger partial charge < -0.3 is 5.32 Å². The molecule has 0 aliphatic carbocycles. The molecule has 1 aliphatic heterocycles. The average molecular weight is 472 g/mol. The van der Waals surface area contributed by atoms with Crippen molar-refractivity contribution in [3.63, 3.8) is 0 Å². The topological polar surface area (TPSA) is 92.6 Å². The number of carbonyl (C=O) groups excluding carboxylic acids is 2. The van der Waals surface area contributed by atoms with E-state index in [0.717, 1.165) is 10.5 Å². The van der Waals surface area contributed by atoms with Crippen molar-refractivity contribution in [1.29, 1.82) is 0 Å². The van der Waals surface area contributed by atoms with Crippen LogP contribution in [0.3, 0.4) is 0 Å². The molecule has 4 aromatic rings. The van der Waals surface area contributed by atoms with E-state index in [1.165, 1.54) is 6.07 Å². The Bertz CT molecular complexity index is 1520. The van der Waals surface area contributed by atoms with Crippen molar-refractivity contribution in [3.05, 3.63) is 105 Å². The van der Waals surface area contributed by atoms with E-state index < -0.39 is 16.7 Å². The molecule has 0 saturated heterocycles. The summed E-state index contributed by atoms with van der Waals surface area (Å²) in [6.45, 7) is 1.94. The number of amides is 2. The van der Waals surface area contributed by atoms with Gasteiger partial charge in [-0.05, 0) is 42.3 Å². The van der Waals surface area contributed by atoms with Gasteiger partial charge in [0.15, 0.2) is 0 Å². The van der Waals surface area contributed by atoms with Gasteiger partial charge in [0.05, 0.1) is 16.2 Å². The van der Waals surface area contributed by atoms with Crippen molar-refractivity contribution < 1.29 is 14.5 Å². The molecule has 0 aromatic heterocycles. The summed E-state index contributed by atoms with van der Waals surface area (Å²) < 4.78 is 0. The minimum Gasteiger partial charge on any atom is -0.349 e. The number of hydrogen-bond donors (Lipinski definition) is 1. The number of benzene rings is 4. The molecular weight excluding hydrogens is 454 g/mol. The normalized spacial score (nSPS) is 12.8. The molecule has 7 nitrogen and oxygen atoms in total. The van der Waals surface area contributed by atoms with Crippen LogP contribution in [0.4, 0.5) is 22.7 Å². The molecule has 1 heterocycles. The lowest BCUT2D eigenvalue weighted by Crippen LogP contribution is -2.41. The Labute approximate surface area is 199 Å². The second-order valence-electron chi connectivity index (χ2n) is 7.87. The lowest BCUT2D eigenvalue weighted by Gasteiger charge is -2.29. The summed E-state index contributed by atoms with van der Waals surface area (Å²) in [5.41, 5.74) is 2.19. The smallest absolute Gasteiger partial charge is 0.294 e. The molecule has 2 amide bonds. The number of hydrogen-bond acceptors (Lipinski definition) is 5. The van der Waals surface area contributed by atoms with E-state index in [0.29, 0.717) is 39.2 Å². The number of nitro groups is 1. The zero-order valence-electron chi connectivity index (χ0n) is 18.0. The summed E-state index contributed by atoms with van der Waals surface area (Å²) >= 11 is 6.08. The number of para-hydroxylation sites is 1. The summed E-state index contributed by atoms with van der Waals surface area (Å²) in [7, 11) is 0. The van der Waals surface area contributed by atoms with E-state index in [4.69, 9.17) is 11.6 Å². The van der Waals surface area contributed by atoms with Gasteiger partial charge in [-0.1, -0.05) is 54.9 Å². The van der Waals surface area contributed by atoms with Crippen LogP contribution in [0.25, 0.3) is 10.8 Å². The van der Waals surface area contributed by atoms with Crippen LogP contribution in [-0.4, -0.2) is 16.7 Å². The lowest BCUT2D eigenvalue weighted by atomic mass is 9.91. The molecular formula is C26H18ClN3O4. The second kappa shape index (κ2) is 8.28. The molecule has 5 rings (SSSR count). The summed E-state index contributed by atoms with van der Waals surface area (Å²) in [5, 5.41) is 16.4. The van der Waals surface area contributed by atoms with E-state index >= 15 is 0 Å². The van der Waals surface area contributed by atoms with E-state index in [2.05, 4.69) is 5.32 Å². The van der Waals surface area contributed by atoms with Crippen molar-refractivity contribution in [3.8, 4) is 0 Å². The zero-order chi connectivity index (χ0) is 24.0. The first-order valence-electron chi connectivity index (χ1n) is 10.6. The monoisotopic (exact) mass is 471 g/mol. The van der Waals surface area contributed by atoms with Crippen molar-refractivity contribution >= 4 is 56.9 Å². The molecule has 34 heavy (non-hydrogen) atoms. The van der Waals surface area contributed by atoms with Gasteiger partial charge in [-0.25, -0.2) is 4.90 Å². The highest BCUT2D eigenvalue weighted by atomic mass is 35.5. The fourth-order valence-corrected chi connectivity index (χ4v) is 4.57. The van der Waals surface area contributed by atoms with Gasteiger partial charge in [-0.15, -0.1) is 0 Å². The Hall–Kier alpha value is -4.23. The van der Waals surface area contributed by atoms with Crippen LogP contribution >= 0.6 is 11.6 Å². The molecule has 1 N–H and O–H groups in total. The molecule has 0 radical (unpaired) electrons. The predicted octanol–water partition coefficient (Wildman–Crippen LogP) is 6.51. The molecule has 0 bridgehead atoms. The first-order chi connectivity index (χ1) is 16.4. The number of rotatable bonds is 5. The van der Waals surface area contributed by atoms with Gasteiger partial charge in [0.1, 0.15) is 5.69 Å². The number of imide groups is 1. The van der Waals surface area contributed by atoms with E-state index in [1.54, 1.807) is 54.6 Å². The van der Waals surface area contributed by atoms with Gasteiger partial charge in [-0.3, -0.25) is 19.7 Å². The van der Waals surface area contributed by atoms with Crippen LogP contribution in [0, 0.1) is 10.1 Å². The highest BCUT2D eigenvalue weighted by Crippen LogP contribution is 2.42. The first-order valence-corrected chi connectivity index (χ1v) is 11.0. The second-order valence-corrected chi connectivity index (χ2v) is 8.30. The predicted molar refractivity (Wildman–Crippen MR) is 132 cm³/mol. The Morgan fingerprint density at radius 1 is 0.941 bits per heavy atom. The SMILES string of the molecule is CCc1ccccc1N1C(=O)c2cccc3c(Nc4cccc(Cl)c4)c([N+](=O)[O-])cc(c23)C1=O. The molecule has 8 heteroatoms. The van der Waals surface area contributed by atoms with Gasteiger partial charge >= 0.3 is 0 Å². The Kier molecular flexibility index (Phi) is 5.26. The number of anilines is 3. The van der Waals surface area contributed by atoms with Gasteiger partial charge in [0, 0.05) is 33.1 Å². The lowest BCUT2D eigenvalue weighted by molar-refractivity contribution is -0.383. The molecule has 0 saturated carbocycles. The van der Waals surface area contributed by atoms with Crippen LogP contribution in [0.1, 0.15) is 33.2 Å². The highest BCUT2D eigenvalue weighted by molar-refractivity contribution is 6.37. The minimum absolute atomic E-state index is 0.111. The van der Waals surface area contributed by atoms with Crippen LogP contribution in [0.15, 0.2) is 72.8 Å². The highest BCUT2D eigenvalue weighted by Gasteiger charge is 2.37. The quantitative estimate of drug-likeness (QED) is 0.203. The third-order valence-corrected chi connectivity index (χ3v) is 6.15. The molecule has 4 aromatic carbocycles. The number of nitrogens with one attached hydrogen (secondary N) is 1. The largest absolute Gasteiger partial charge is 0.349 e.